The highest BCUT2D eigenvalue weighted by molar-refractivity contribution is 7.99. The van der Waals surface area contributed by atoms with Crippen molar-refractivity contribution >= 4 is 11.8 Å². The molecule has 0 aliphatic heterocycles. The first-order valence-corrected chi connectivity index (χ1v) is 5.69. The Kier molecular flexibility index (Phi) is 4.84. The lowest BCUT2D eigenvalue weighted by Gasteiger charge is -2.09. The lowest BCUT2D eigenvalue weighted by molar-refractivity contribution is 0.413. The van der Waals surface area contributed by atoms with Crippen LogP contribution >= 0.6 is 11.8 Å². The molecule has 0 aliphatic rings. The standard InChI is InChI=1S/C11H17NOS/c1-9(12-2)8-14-11-6-4-5-10(7-11)13-3/h4-7,9,12H,8H2,1-3H3. The number of thioether (sulfide) groups is 1. The van der Waals surface area contributed by atoms with Crippen molar-refractivity contribution in [2.75, 3.05) is 19.9 Å². The van der Waals surface area contributed by atoms with Gasteiger partial charge < -0.3 is 10.1 Å². The zero-order chi connectivity index (χ0) is 10.4. The van der Waals surface area contributed by atoms with Crippen LogP contribution in [0.25, 0.3) is 0 Å². The summed E-state index contributed by atoms with van der Waals surface area (Å²) in [5.41, 5.74) is 0. The predicted molar refractivity (Wildman–Crippen MR) is 62.2 cm³/mol. The summed E-state index contributed by atoms with van der Waals surface area (Å²) in [5.74, 6) is 2.00. The third-order valence-electron chi connectivity index (χ3n) is 2.03. The van der Waals surface area contributed by atoms with Gasteiger partial charge in [0.1, 0.15) is 5.75 Å². The van der Waals surface area contributed by atoms with Crippen molar-refractivity contribution in [3.8, 4) is 5.75 Å². The van der Waals surface area contributed by atoms with Gasteiger partial charge in [-0.15, -0.1) is 11.8 Å². The van der Waals surface area contributed by atoms with Gasteiger partial charge in [-0.1, -0.05) is 6.07 Å². The van der Waals surface area contributed by atoms with Crippen molar-refractivity contribution in [3.05, 3.63) is 24.3 Å². The number of benzene rings is 1. The second-order valence-corrected chi connectivity index (χ2v) is 4.27. The van der Waals surface area contributed by atoms with Gasteiger partial charge in [0.2, 0.25) is 0 Å². The molecule has 1 N–H and O–H groups in total. The fraction of sp³-hybridized carbons (Fsp3) is 0.455. The molecule has 14 heavy (non-hydrogen) atoms. The van der Waals surface area contributed by atoms with E-state index in [2.05, 4.69) is 24.4 Å². The van der Waals surface area contributed by atoms with Crippen molar-refractivity contribution in [2.45, 2.75) is 17.9 Å². The Balaban J connectivity index is 2.50. The summed E-state index contributed by atoms with van der Waals surface area (Å²) in [7, 11) is 3.68. The molecule has 0 heterocycles. The molecule has 3 heteroatoms. The molecule has 0 saturated carbocycles. The van der Waals surface area contributed by atoms with Gasteiger partial charge in [0.15, 0.2) is 0 Å². The van der Waals surface area contributed by atoms with Crippen molar-refractivity contribution in [3.63, 3.8) is 0 Å². The lowest BCUT2D eigenvalue weighted by Crippen LogP contribution is -2.23. The van der Waals surface area contributed by atoms with E-state index in [0.717, 1.165) is 11.5 Å². The van der Waals surface area contributed by atoms with Crippen LogP contribution in [0.15, 0.2) is 29.2 Å². The van der Waals surface area contributed by atoms with Crippen LogP contribution in [0, 0.1) is 0 Å². The first-order valence-electron chi connectivity index (χ1n) is 4.70. The molecule has 0 spiro atoms. The first-order chi connectivity index (χ1) is 6.76. The topological polar surface area (TPSA) is 21.3 Å². The highest BCUT2D eigenvalue weighted by Crippen LogP contribution is 2.23. The Morgan fingerprint density at radius 1 is 1.50 bits per heavy atom. The average Bonchev–Trinajstić information content (AvgIpc) is 2.26. The number of ether oxygens (including phenoxy) is 1. The molecule has 0 radical (unpaired) electrons. The van der Waals surface area contributed by atoms with Gasteiger partial charge in [0.25, 0.3) is 0 Å². The van der Waals surface area contributed by atoms with Gasteiger partial charge in [-0.25, -0.2) is 0 Å². The third-order valence-corrected chi connectivity index (χ3v) is 3.29. The van der Waals surface area contributed by atoms with Crippen LogP contribution in [-0.4, -0.2) is 26.0 Å². The Morgan fingerprint density at radius 2 is 2.29 bits per heavy atom. The Bertz CT molecular complexity index is 278. The maximum absolute atomic E-state index is 5.16. The van der Waals surface area contributed by atoms with E-state index in [9.17, 15) is 0 Å². The molecule has 1 atom stereocenters. The molecule has 0 bridgehead atoms. The van der Waals surface area contributed by atoms with Crippen LogP contribution in [0.1, 0.15) is 6.92 Å². The van der Waals surface area contributed by atoms with E-state index < -0.39 is 0 Å². The zero-order valence-corrected chi connectivity index (χ0v) is 9.73. The minimum absolute atomic E-state index is 0.534. The number of nitrogens with one attached hydrogen (secondary N) is 1. The lowest BCUT2D eigenvalue weighted by atomic mass is 10.3. The van der Waals surface area contributed by atoms with Gasteiger partial charge in [-0.3, -0.25) is 0 Å². The maximum atomic E-state index is 5.16. The molecular weight excluding hydrogens is 194 g/mol. The molecule has 2 nitrogen and oxygen atoms in total. The molecule has 0 amide bonds. The van der Waals surface area contributed by atoms with E-state index in [1.54, 1.807) is 7.11 Å². The highest BCUT2D eigenvalue weighted by atomic mass is 32.2. The van der Waals surface area contributed by atoms with E-state index >= 15 is 0 Å². The van der Waals surface area contributed by atoms with Crippen LogP contribution in [-0.2, 0) is 0 Å². The summed E-state index contributed by atoms with van der Waals surface area (Å²) >= 11 is 1.84. The Hall–Kier alpha value is -0.670. The quantitative estimate of drug-likeness (QED) is 0.756. The van der Waals surface area contributed by atoms with Gasteiger partial charge in [0.05, 0.1) is 7.11 Å². The van der Waals surface area contributed by atoms with Crippen molar-refractivity contribution in [2.24, 2.45) is 0 Å². The highest BCUT2D eigenvalue weighted by Gasteiger charge is 2.00. The van der Waals surface area contributed by atoms with Gasteiger partial charge in [-0.05, 0) is 32.2 Å². The van der Waals surface area contributed by atoms with Crippen molar-refractivity contribution in [1.29, 1.82) is 0 Å². The normalized spacial score (nSPS) is 12.5. The largest absolute Gasteiger partial charge is 0.497 e. The minimum atomic E-state index is 0.534. The summed E-state index contributed by atoms with van der Waals surface area (Å²) in [4.78, 5) is 1.26. The van der Waals surface area contributed by atoms with Crippen LogP contribution < -0.4 is 10.1 Å². The van der Waals surface area contributed by atoms with Crippen LogP contribution in [0.3, 0.4) is 0 Å². The molecule has 1 rings (SSSR count). The van der Waals surface area contributed by atoms with Crippen molar-refractivity contribution in [1.82, 2.24) is 5.32 Å². The SMILES string of the molecule is CNC(C)CSc1cccc(OC)c1. The summed E-state index contributed by atoms with van der Waals surface area (Å²) in [6.07, 6.45) is 0. The molecule has 1 aromatic rings. The van der Waals surface area contributed by atoms with E-state index in [1.807, 2.05) is 30.9 Å². The van der Waals surface area contributed by atoms with Gasteiger partial charge >= 0.3 is 0 Å². The minimum Gasteiger partial charge on any atom is -0.497 e. The third kappa shape index (κ3) is 3.60. The Morgan fingerprint density at radius 3 is 2.93 bits per heavy atom. The summed E-state index contributed by atoms with van der Waals surface area (Å²) in [5, 5.41) is 3.21. The Labute approximate surface area is 90.0 Å². The first kappa shape index (κ1) is 11.4. The molecule has 78 valence electrons. The second-order valence-electron chi connectivity index (χ2n) is 3.18. The number of rotatable bonds is 5. The zero-order valence-electron chi connectivity index (χ0n) is 8.91. The van der Waals surface area contributed by atoms with E-state index in [1.165, 1.54) is 4.90 Å². The van der Waals surface area contributed by atoms with Crippen LogP contribution in [0.5, 0.6) is 5.75 Å². The van der Waals surface area contributed by atoms with E-state index in [-0.39, 0.29) is 0 Å². The fourth-order valence-electron chi connectivity index (χ4n) is 0.996. The predicted octanol–water partition coefficient (Wildman–Crippen LogP) is 2.40. The molecule has 0 aromatic heterocycles. The van der Waals surface area contributed by atoms with Crippen LogP contribution in [0.2, 0.25) is 0 Å². The number of hydrogen-bond acceptors (Lipinski definition) is 3. The molecule has 1 unspecified atom stereocenters. The van der Waals surface area contributed by atoms with E-state index in [4.69, 9.17) is 4.74 Å². The monoisotopic (exact) mass is 211 g/mol. The smallest absolute Gasteiger partial charge is 0.119 e. The molecule has 0 saturated heterocycles. The van der Waals surface area contributed by atoms with E-state index in [0.29, 0.717) is 6.04 Å². The second kappa shape index (κ2) is 5.94. The number of methoxy groups -OCH3 is 1. The summed E-state index contributed by atoms with van der Waals surface area (Å²) in [6, 6.07) is 8.69. The maximum Gasteiger partial charge on any atom is 0.119 e. The molecule has 0 aliphatic carbocycles. The summed E-state index contributed by atoms with van der Waals surface area (Å²) in [6.45, 7) is 2.17. The molecular formula is C11H17NOS. The van der Waals surface area contributed by atoms with Crippen molar-refractivity contribution < 1.29 is 4.74 Å². The fourth-order valence-corrected chi connectivity index (χ4v) is 1.98. The number of hydrogen-bond donors (Lipinski definition) is 1. The van der Waals surface area contributed by atoms with Gasteiger partial charge in [-0.2, -0.15) is 0 Å². The molecule has 0 fully saturated rings. The van der Waals surface area contributed by atoms with Crippen LogP contribution in [0.4, 0.5) is 0 Å². The molecule has 1 aromatic carbocycles. The average molecular weight is 211 g/mol. The summed E-state index contributed by atoms with van der Waals surface area (Å²) < 4.78 is 5.16. The van der Waals surface area contributed by atoms with Gasteiger partial charge in [0, 0.05) is 16.7 Å².